The molecule has 5 heteroatoms. The van der Waals surface area contributed by atoms with Gasteiger partial charge in [0.05, 0.1) is 10.4 Å². The first-order valence-electron chi connectivity index (χ1n) is 5.80. The van der Waals surface area contributed by atoms with Crippen molar-refractivity contribution < 1.29 is 0 Å². The van der Waals surface area contributed by atoms with Crippen LogP contribution in [0, 0.1) is 0 Å². The van der Waals surface area contributed by atoms with Crippen molar-refractivity contribution >= 4 is 11.3 Å². The van der Waals surface area contributed by atoms with Crippen molar-refractivity contribution in [2.24, 2.45) is 0 Å². The van der Waals surface area contributed by atoms with Crippen molar-refractivity contribution in [1.29, 1.82) is 0 Å². The zero-order valence-electron chi connectivity index (χ0n) is 9.68. The van der Waals surface area contributed by atoms with Gasteiger partial charge >= 0.3 is 0 Å². The summed E-state index contributed by atoms with van der Waals surface area (Å²) in [5.74, 6) is 0.808. The fourth-order valence-electron chi connectivity index (χ4n) is 2.29. The number of fused-ring (bicyclic) bond motifs is 1. The fourth-order valence-corrected chi connectivity index (χ4v) is 2.85. The quantitative estimate of drug-likeness (QED) is 0.882. The first kappa shape index (κ1) is 10.8. The monoisotopic (exact) mass is 246 g/mol. The molecule has 1 aliphatic carbocycles. The molecule has 3 rings (SSSR count). The highest BCUT2D eigenvalue weighted by Gasteiger charge is 2.21. The zero-order valence-corrected chi connectivity index (χ0v) is 10.5. The molecule has 1 atom stereocenters. The van der Waals surface area contributed by atoms with Gasteiger partial charge in [-0.1, -0.05) is 0 Å². The van der Waals surface area contributed by atoms with E-state index in [4.69, 9.17) is 0 Å². The predicted octanol–water partition coefficient (Wildman–Crippen LogP) is 2.20. The number of nitrogens with one attached hydrogen (secondary N) is 1. The fraction of sp³-hybridized carbons (Fsp3) is 0.417. The van der Waals surface area contributed by atoms with Crippen molar-refractivity contribution in [1.82, 2.24) is 20.3 Å². The van der Waals surface area contributed by atoms with Gasteiger partial charge in [-0.05, 0) is 26.3 Å². The molecule has 2 aromatic rings. The van der Waals surface area contributed by atoms with Gasteiger partial charge in [0.25, 0.3) is 0 Å². The van der Waals surface area contributed by atoms with Crippen LogP contribution in [0.1, 0.15) is 30.1 Å². The van der Waals surface area contributed by atoms with Crippen molar-refractivity contribution in [3.63, 3.8) is 0 Å². The summed E-state index contributed by atoms with van der Waals surface area (Å²) in [6.45, 7) is 0. The Bertz CT molecular complexity index is 509. The Hall–Kier alpha value is -1.33. The minimum Gasteiger partial charge on any atom is -0.313 e. The molecular weight excluding hydrogens is 232 g/mol. The molecule has 0 bridgehead atoms. The third-order valence-corrected chi connectivity index (χ3v) is 3.95. The maximum absolute atomic E-state index is 4.67. The highest BCUT2D eigenvalue weighted by atomic mass is 32.1. The Morgan fingerprint density at radius 3 is 3.12 bits per heavy atom. The lowest BCUT2D eigenvalue weighted by Gasteiger charge is -2.23. The molecule has 0 spiro atoms. The van der Waals surface area contributed by atoms with E-state index in [0.717, 1.165) is 17.1 Å². The molecule has 1 aliphatic rings. The van der Waals surface area contributed by atoms with Gasteiger partial charge in [0.15, 0.2) is 5.82 Å². The van der Waals surface area contributed by atoms with E-state index < -0.39 is 0 Å². The maximum atomic E-state index is 4.67. The number of aromatic nitrogens is 3. The maximum Gasteiger partial charge on any atom is 0.171 e. The second-order valence-corrected chi connectivity index (χ2v) is 5.08. The van der Waals surface area contributed by atoms with Gasteiger partial charge in [-0.2, -0.15) is 0 Å². The van der Waals surface area contributed by atoms with E-state index in [0.29, 0.717) is 6.04 Å². The van der Waals surface area contributed by atoms with Crippen molar-refractivity contribution in [2.75, 3.05) is 7.05 Å². The molecule has 17 heavy (non-hydrogen) atoms. The Labute approximate surface area is 104 Å². The Morgan fingerprint density at radius 1 is 1.41 bits per heavy atom. The lowest BCUT2D eigenvalue weighted by molar-refractivity contribution is 0.488. The summed E-state index contributed by atoms with van der Waals surface area (Å²) in [6, 6.07) is 0.411. The van der Waals surface area contributed by atoms with E-state index in [-0.39, 0.29) is 0 Å². The average molecular weight is 246 g/mol. The molecule has 4 nitrogen and oxygen atoms in total. The Morgan fingerprint density at radius 2 is 2.35 bits per heavy atom. The average Bonchev–Trinajstić information content (AvgIpc) is 2.91. The van der Waals surface area contributed by atoms with Gasteiger partial charge in [-0.3, -0.25) is 4.98 Å². The number of hydrogen-bond donors (Lipinski definition) is 1. The number of nitrogens with zero attached hydrogens (tertiary/aromatic N) is 3. The van der Waals surface area contributed by atoms with Gasteiger partial charge in [-0.15, -0.1) is 11.3 Å². The highest BCUT2D eigenvalue weighted by Crippen LogP contribution is 2.29. The molecule has 0 fully saturated rings. The molecular formula is C12H14N4S. The lowest BCUT2D eigenvalue weighted by Crippen LogP contribution is -2.22. The van der Waals surface area contributed by atoms with E-state index in [1.807, 2.05) is 25.0 Å². The molecule has 0 aromatic carbocycles. The Kier molecular flexibility index (Phi) is 2.86. The highest BCUT2D eigenvalue weighted by molar-refractivity contribution is 7.13. The van der Waals surface area contributed by atoms with Crippen LogP contribution in [0.4, 0.5) is 0 Å². The Balaban J connectivity index is 2.02. The molecule has 1 N–H and O–H groups in total. The van der Waals surface area contributed by atoms with E-state index in [2.05, 4.69) is 20.3 Å². The third kappa shape index (κ3) is 1.96. The van der Waals surface area contributed by atoms with Crippen LogP contribution in [-0.4, -0.2) is 22.0 Å². The first-order valence-corrected chi connectivity index (χ1v) is 6.68. The molecule has 0 saturated carbocycles. The normalized spacial score (nSPS) is 19.0. The largest absolute Gasteiger partial charge is 0.313 e. The summed E-state index contributed by atoms with van der Waals surface area (Å²) in [7, 11) is 2.00. The zero-order chi connectivity index (χ0) is 11.7. The first-order chi connectivity index (χ1) is 8.38. The van der Waals surface area contributed by atoms with Crippen LogP contribution in [0.3, 0.4) is 0 Å². The number of hydrogen-bond acceptors (Lipinski definition) is 5. The molecule has 88 valence electrons. The summed E-state index contributed by atoms with van der Waals surface area (Å²) in [5, 5.41) is 3.32. The molecule has 0 aliphatic heterocycles. The number of rotatable bonds is 2. The molecule has 2 heterocycles. The summed E-state index contributed by atoms with van der Waals surface area (Å²) >= 11 is 1.58. The van der Waals surface area contributed by atoms with Crippen molar-refractivity contribution in [2.45, 2.75) is 25.3 Å². The molecule has 0 amide bonds. The van der Waals surface area contributed by atoms with Crippen LogP contribution in [0.15, 0.2) is 17.9 Å². The minimum absolute atomic E-state index is 0.411. The number of aryl methyl sites for hydroxylation is 1. The van der Waals surface area contributed by atoms with Crippen LogP contribution >= 0.6 is 11.3 Å². The summed E-state index contributed by atoms with van der Waals surface area (Å²) in [6.07, 6.45) is 7.22. The molecule has 1 unspecified atom stereocenters. The minimum atomic E-state index is 0.411. The third-order valence-electron chi connectivity index (χ3n) is 3.18. The summed E-state index contributed by atoms with van der Waals surface area (Å²) < 4.78 is 0. The van der Waals surface area contributed by atoms with Crippen LogP contribution in [0.25, 0.3) is 10.7 Å². The molecule has 0 radical (unpaired) electrons. The molecule has 2 aromatic heterocycles. The van der Waals surface area contributed by atoms with Gasteiger partial charge in [0, 0.05) is 29.7 Å². The topological polar surface area (TPSA) is 50.7 Å². The lowest BCUT2D eigenvalue weighted by atomic mass is 9.92. The predicted molar refractivity (Wildman–Crippen MR) is 67.9 cm³/mol. The van der Waals surface area contributed by atoms with Crippen LogP contribution in [0.2, 0.25) is 0 Å². The van der Waals surface area contributed by atoms with Gasteiger partial charge in [0.1, 0.15) is 0 Å². The van der Waals surface area contributed by atoms with Crippen molar-refractivity contribution in [3.05, 3.63) is 29.2 Å². The second kappa shape index (κ2) is 4.50. The van der Waals surface area contributed by atoms with E-state index >= 15 is 0 Å². The SMILES string of the molecule is CNC1CCCc2nc(-c3cncs3)ncc21. The summed E-state index contributed by atoms with van der Waals surface area (Å²) in [5.41, 5.74) is 4.26. The summed E-state index contributed by atoms with van der Waals surface area (Å²) in [4.78, 5) is 14.2. The standard InChI is InChI=1S/C12H14N4S/c1-13-9-3-2-4-10-8(9)5-15-12(16-10)11-6-14-7-17-11/h5-7,9,13H,2-4H2,1H3. The van der Waals surface area contributed by atoms with Crippen molar-refractivity contribution in [3.8, 4) is 10.7 Å². The van der Waals surface area contributed by atoms with Gasteiger partial charge in [0.2, 0.25) is 0 Å². The van der Waals surface area contributed by atoms with Crippen LogP contribution < -0.4 is 5.32 Å². The van der Waals surface area contributed by atoms with Crippen LogP contribution in [-0.2, 0) is 6.42 Å². The van der Waals surface area contributed by atoms with Gasteiger partial charge < -0.3 is 5.32 Å². The smallest absolute Gasteiger partial charge is 0.171 e. The second-order valence-electron chi connectivity index (χ2n) is 4.19. The van der Waals surface area contributed by atoms with Crippen LogP contribution in [0.5, 0.6) is 0 Å². The van der Waals surface area contributed by atoms with E-state index in [1.54, 1.807) is 11.3 Å². The number of thiazole rings is 1. The van der Waals surface area contributed by atoms with Gasteiger partial charge in [-0.25, -0.2) is 9.97 Å². The molecule has 0 saturated heterocycles. The van der Waals surface area contributed by atoms with E-state index in [9.17, 15) is 0 Å². The van der Waals surface area contributed by atoms with E-state index in [1.165, 1.54) is 24.1 Å².